The molecule has 3 aromatic carbocycles. The minimum atomic E-state index is -3.93. The number of pyridine rings is 1. The van der Waals surface area contributed by atoms with Gasteiger partial charge in [-0.3, -0.25) is 0 Å². The Kier molecular flexibility index (Phi) is 9.43. The van der Waals surface area contributed by atoms with Crippen molar-refractivity contribution < 1.29 is 23.1 Å². The first-order valence-electron chi connectivity index (χ1n) is 15.0. The van der Waals surface area contributed by atoms with Crippen molar-refractivity contribution in [3.8, 4) is 11.3 Å². The Bertz CT molecular complexity index is 1870. The molecule has 45 heavy (non-hydrogen) atoms. The number of carbonyl (C=O) groups excluding carboxylic acids is 1. The van der Waals surface area contributed by atoms with Crippen molar-refractivity contribution in [3.63, 3.8) is 0 Å². The number of aromatic nitrogens is 1. The van der Waals surface area contributed by atoms with Crippen LogP contribution in [0.1, 0.15) is 43.2 Å². The van der Waals surface area contributed by atoms with Gasteiger partial charge in [-0.1, -0.05) is 0 Å². The van der Waals surface area contributed by atoms with Gasteiger partial charge in [0.1, 0.15) is 0 Å². The molecule has 7 nitrogen and oxygen atoms in total. The summed E-state index contributed by atoms with van der Waals surface area (Å²) < 4.78 is 28.3. The Morgan fingerprint density at radius 2 is 1.71 bits per heavy atom. The van der Waals surface area contributed by atoms with E-state index in [0.29, 0.717) is 33.2 Å². The molecule has 1 aromatic heterocycles. The second-order valence-electron chi connectivity index (χ2n) is 11.9. The molecule has 1 aliphatic carbocycles. The third-order valence-corrected chi connectivity index (χ3v) is 14.5. The number of carboxylic acids is 1. The van der Waals surface area contributed by atoms with Crippen LogP contribution in [0.15, 0.2) is 77.7 Å². The number of hydrogen-bond acceptors (Lipinski definition) is 5. The molecule has 0 bridgehead atoms. The molecule has 6 rings (SSSR count). The average Bonchev–Trinajstić information content (AvgIpc) is 3.42. The summed E-state index contributed by atoms with van der Waals surface area (Å²) in [6, 6.07) is 20.2. The van der Waals surface area contributed by atoms with Gasteiger partial charge in [0.25, 0.3) is 0 Å². The molecular formula is C34H33AsCl2N2O5S. The summed E-state index contributed by atoms with van der Waals surface area (Å²) in [5.41, 5.74) is 3.71. The summed E-state index contributed by atoms with van der Waals surface area (Å²) in [6.45, 7) is 1.90. The summed E-state index contributed by atoms with van der Waals surface area (Å²) in [7, 11) is -3.93. The van der Waals surface area contributed by atoms with Crippen molar-refractivity contribution in [1.29, 1.82) is 0 Å². The Balaban J connectivity index is 1.24. The summed E-state index contributed by atoms with van der Waals surface area (Å²) in [5, 5.41) is 12.0. The fourth-order valence-electron chi connectivity index (χ4n) is 6.71. The molecule has 0 radical (unpaired) electrons. The van der Waals surface area contributed by atoms with Crippen LogP contribution in [0.25, 0.3) is 22.2 Å². The van der Waals surface area contributed by atoms with Crippen molar-refractivity contribution in [1.82, 2.24) is 9.29 Å². The number of aryl methyl sites for hydroxylation is 1. The van der Waals surface area contributed by atoms with Crippen molar-refractivity contribution in [2.45, 2.75) is 67.1 Å². The van der Waals surface area contributed by atoms with Crippen LogP contribution in [-0.2, 0) is 26.0 Å². The maximum absolute atomic E-state index is 14.0. The number of carboxylic acid groups (broad SMARTS) is 1. The van der Waals surface area contributed by atoms with E-state index in [9.17, 15) is 23.1 Å². The van der Waals surface area contributed by atoms with Crippen LogP contribution >= 0.6 is 23.2 Å². The SMILES string of the molecule is Cc1ccc(S(=O)(=O)N2[C@H](C(=O)[AsH]C(Cc3ccc4nc(-c5c(Cl)cccc5Cl)ccc4c3)C(=O)O)C[C@@H]3CCCC[C@@H]32)cc1. The zero-order valence-corrected chi connectivity index (χ0v) is 29.0. The van der Waals surface area contributed by atoms with Gasteiger partial charge in [-0.25, -0.2) is 0 Å². The van der Waals surface area contributed by atoms with Gasteiger partial charge in [-0.2, -0.15) is 0 Å². The third kappa shape index (κ3) is 6.59. The molecule has 0 spiro atoms. The molecule has 2 heterocycles. The van der Waals surface area contributed by atoms with Crippen LogP contribution in [0.4, 0.5) is 0 Å². The van der Waals surface area contributed by atoms with Gasteiger partial charge in [0.15, 0.2) is 0 Å². The van der Waals surface area contributed by atoms with Gasteiger partial charge in [-0.15, -0.1) is 0 Å². The molecule has 11 heteroatoms. The van der Waals surface area contributed by atoms with E-state index < -0.39 is 42.5 Å². The molecular weight excluding hydrogens is 694 g/mol. The summed E-state index contributed by atoms with van der Waals surface area (Å²) >= 11 is 11.0. The van der Waals surface area contributed by atoms with Crippen LogP contribution in [-0.4, -0.2) is 61.2 Å². The van der Waals surface area contributed by atoms with Crippen LogP contribution in [0.3, 0.4) is 0 Å². The summed E-state index contributed by atoms with van der Waals surface area (Å²) in [5.74, 6) is -0.921. The van der Waals surface area contributed by atoms with Crippen molar-refractivity contribution >= 4 is 70.4 Å². The van der Waals surface area contributed by atoms with E-state index in [0.717, 1.165) is 42.2 Å². The molecule has 234 valence electrons. The fourth-order valence-corrected chi connectivity index (χ4v) is 12.0. The van der Waals surface area contributed by atoms with Crippen LogP contribution in [0.5, 0.6) is 0 Å². The summed E-state index contributed by atoms with van der Waals surface area (Å²) in [4.78, 5) is 31.3. The predicted molar refractivity (Wildman–Crippen MR) is 179 cm³/mol. The van der Waals surface area contributed by atoms with E-state index in [1.54, 1.807) is 42.5 Å². The number of nitrogens with zero attached hydrogens (tertiary/aromatic N) is 2. The standard InChI is InChI=1S/C34H33AsCl2N2O5S/c1-20-9-13-24(14-10-20)45(43,44)39-30-8-3-2-5-23(30)19-31(39)33(40)35-25(34(41)42)18-21-11-15-28-22(17-21)12-16-29(38-28)32-26(36)6-4-7-27(32)37/h4,6-7,9-17,23,25,30-31,35H,2-3,5,8,18-19H2,1H3,(H,41,42)/t23-,25?,30-,31-/m0/s1. The molecule has 1 aliphatic heterocycles. The first-order chi connectivity index (χ1) is 21.5. The Morgan fingerprint density at radius 1 is 1.00 bits per heavy atom. The second kappa shape index (κ2) is 13.2. The van der Waals surface area contributed by atoms with E-state index in [2.05, 4.69) is 0 Å². The minimum absolute atomic E-state index is 0.112. The first-order valence-corrected chi connectivity index (χ1v) is 19.5. The normalized spacial score (nSPS) is 21.3. The van der Waals surface area contributed by atoms with Gasteiger partial charge < -0.3 is 0 Å². The van der Waals surface area contributed by atoms with Crippen molar-refractivity contribution in [3.05, 3.63) is 94.0 Å². The number of hydrogen-bond donors (Lipinski definition) is 1. The molecule has 1 saturated carbocycles. The zero-order chi connectivity index (χ0) is 31.9. The molecule has 2 aliphatic rings. The molecule has 1 N–H and O–H groups in total. The predicted octanol–water partition coefficient (Wildman–Crippen LogP) is 6.92. The van der Waals surface area contributed by atoms with E-state index in [1.165, 1.54) is 4.31 Å². The van der Waals surface area contributed by atoms with Gasteiger partial charge >= 0.3 is 281 Å². The van der Waals surface area contributed by atoms with Gasteiger partial charge in [-0.05, 0) is 0 Å². The number of benzene rings is 3. The van der Waals surface area contributed by atoms with Crippen LogP contribution in [0, 0.1) is 12.8 Å². The molecule has 1 saturated heterocycles. The van der Waals surface area contributed by atoms with Gasteiger partial charge in [0.05, 0.1) is 0 Å². The number of carbonyl (C=O) groups is 2. The summed E-state index contributed by atoms with van der Waals surface area (Å²) in [6.07, 6.45) is 4.17. The average molecular weight is 728 g/mol. The first kappa shape index (κ1) is 32.2. The monoisotopic (exact) mass is 726 g/mol. The molecule has 2 unspecified atom stereocenters. The Hall–Kier alpha value is -2.74. The van der Waals surface area contributed by atoms with Crippen LogP contribution < -0.4 is 0 Å². The number of aliphatic carboxylic acids is 1. The van der Waals surface area contributed by atoms with E-state index in [4.69, 9.17) is 28.2 Å². The second-order valence-corrected chi connectivity index (χ2v) is 17.7. The number of sulfonamides is 1. The van der Waals surface area contributed by atoms with E-state index in [1.807, 2.05) is 37.3 Å². The zero-order valence-electron chi connectivity index (χ0n) is 24.6. The van der Waals surface area contributed by atoms with Gasteiger partial charge in [0, 0.05) is 0 Å². The molecule has 5 atom stereocenters. The number of halogens is 2. The molecule has 2 fully saturated rings. The fraction of sp³-hybridized carbons (Fsp3) is 0.324. The molecule has 0 amide bonds. The molecule has 4 aromatic rings. The maximum atomic E-state index is 14.0. The Labute approximate surface area is 279 Å². The quantitative estimate of drug-likeness (QED) is 0.188. The van der Waals surface area contributed by atoms with Crippen molar-refractivity contribution in [2.24, 2.45) is 5.92 Å². The number of fused-ring (bicyclic) bond motifs is 2. The van der Waals surface area contributed by atoms with E-state index >= 15 is 0 Å². The van der Waals surface area contributed by atoms with Crippen molar-refractivity contribution in [2.75, 3.05) is 0 Å². The van der Waals surface area contributed by atoms with Gasteiger partial charge in [0.2, 0.25) is 0 Å². The Morgan fingerprint density at radius 3 is 2.42 bits per heavy atom. The van der Waals surface area contributed by atoms with Crippen LogP contribution in [0.2, 0.25) is 14.8 Å². The van der Waals surface area contributed by atoms with E-state index in [-0.39, 0.29) is 27.8 Å². The number of rotatable bonds is 9. The third-order valence-electron chi connectivity index (χ3n) is 8.95. The topological polar surface area (TPSA) is 105 Å².